The first-order chi connectivity index (χ1) is 11.0. The fourth-order valence-electron chi connectivity index (χ4n) is 2.88. The van der Waals surface area contributed by atoms with Crippen LogP contribution in [0.4, 0.5) is 0 Å². The van der Waals surface area contributed by atoms with Crippen LogP contribution in [0.5, 0.6) is 5.75 Å². The summed E-state index contributed by atoms with van der Waals surface area (Å²) >= 11 is 0. The Morgan fingerprint density at radius 3 is 2.70 bits per heavy atom. The lowest BCUT2D eigenvalue weighted by Crippen LogP contribution is -2.31. The van der Waals surface area contributed by atoms with Crippen molar-refractivity contribution in [2.45, 2.75) is 39.7 Å². The fourth-order valence-corrected chi connectivity index (χ4v) is 2.88. The van der Waals surface area contributed by atoms with Crippen molar-refractivity contribution in [2.24, 2.45) is 0 Å². The van der Waals surface area contributed by atoms with Gasteiger partial charge in [-0.1, -0.05) is 24.2 Å². The summed E-state index contributed by atoms with van der Waals surface area (Å²) in [7, 11) is 3.46. The first-order valence-electron chi connectivity index (χ1n) is 7.78. The Bertz CT molecular complexity index is 659. The number of carbonyl (C=O) groups is 1. The van der Waals surface area contributed by atoms with Crippen LogP contribution in [0.2, 0.25) is 0 Å². The van der Waals surface area contributed by atoms with E-state index in [1.165, 1.54) is 0 Å². The Balaban J connectivity index is 2.17. The second-order valence-corrected chi connectivity index (χ2v) is 5.74. The largest absolute Gasteiger partial charge is 0.497 e. The summed E-state index contributed by atoms with van der Waals surface area (Å²) in [4.78, 5) is 14.6. The van der Waals surface area contributed by atoms with Gasteiger partial charge in [-0.15, -0.1) is 0 Å². The lowest BCUT2D eigenvalue weighted by Gasteiger charge is -2.23. The van der Waals surface area contributed by atoms with Gasteiger partial charge in [0, 0.05) is 19.2 Å². The van der Waals surface area contributed by atoms with Gasteiger partial charge < -0.3 is 14.2 Å². The minimum Gasteiger partial charge on any atom is -0.497 e. The molecule has 2 aromatic rings. The molecule has 0 N–H and O–H groups in total. The summed E-state index contributed by atoms with van der Waals surface area (Å²) < 4.78 is 10.5. The van der Waals surface area contributed by atoms with Crippen molar-refractivity contribution in [1.82, 2.24) is 10.1 Å². The lowest BCUT2D eigenvalue weighted by atomic mass is 9.93. The average molecular weight is 316 g/mol. The molecule has 5 heteroatoms. The van der Waals surface area contributed by atoms with E-state index in [1.807, 2.05) is 52.1 Å². The number of amides is 1. The number of hydrogen-bond acceptors (Lipinski definition) is 4. The number of nitrogens with zero attached hydrogens (tertiary/aromatic N) is 2. The number of ether oxygens (including phenoxy) is 1. The molecule has 23 heavy (non-hydrogen) atoms. The summed E-state index contributed by atoms with van der Waals surface area (Å²) in [6, 6.07) is 7.76. The van der Waals surface area contributed by atoms with E-state index >= 15 is 0 Å². The zero-order valence-electron chi connectivity index (χ0n) is 14.4. The van der Waals surface area contributed by atoms with Gasteiger partial charge in [0.2, 0.25) is 5.91 Å². The quantitative estimate of drug-likeness (QED) is 0.819. The molecule has 1 aromatic carbocycles. The number of aromatic nitrogens is 1. The monoisotopic (exact) mass is 316 g/mol. The van der Waals surface area contributed by atoms with Crippen LogP contribution in [-0.4, -0.2) is 30.1 Å². The van der Waals surface area contributed by atoms with Gasteiger partial charge in [-0.2, -0.15) is 0 Å². The molecule has 1 aromatic heterocycles. The molecule has 0 unspecified atom stereocenters. The number of rotatable bonds is 6. The van der Waals surface area contributed by atoms with E-state index in [-0.39, 0.29) is 11.8 Å². The summed E-state index contributed by atoms with van der Waals surface area (Å²) in [5.41, 5.74) is 2.74. The van der Waals surface area contributed by atoms with Crippen LogP contribution in [0.25, 0.3) is 0 Å². The zero-order valence-corrected chi connectivity index (χ0v) is 14.4. The third-order valence-corrected chi connectivity index (χ3v) is 4.07. The topological polar surface area (TPSA) is 55.6 Å². The first kappa shape index (κ1) is 17.1. The van der Waals surface area contributed by atoms with Crippen LogP contribution >= 0.6 is 0 Å². The molecular formula is C18H24N2O3. The smallest absolute Gasteiger partial charge is 0.230 e. The molecule has 0 saturated carbocycles. The van der Waals surface area contributed by atoms with E-state index < -0.39 is 0 Å². The van der Waals surface area contributed by atoms with Crippen molar-refractivity contribution in [3.8, 4) is 5.75 Å². The van der Waals surface area contributed by atoms with Gasteiger partial charge in [0.1, 0.15) is 11.5 Å². The number of hydrogen-bond donors (Lipinski definition) is 0. The molecule has 124 valence electrons. The molecule has 0 saturated heterocycles. The van der Waals surface area contributed by atoms with Crippen LogP contribution in [0.15, 0.2) is 28.8 Å². The predicted molar refractivity (Wildman–Crippen MR) is 88.5 cm³/mol. The molecule has 0 fully saturated rings. The Hall–Kier alpha value is -2.30. The Morgan fingerprint density at radius 2 is 2.13 bits per heavy atom. The number of benzene rings is 1. The molecular weight excluding hydrogens is 292 g/mol. The second-order valence-electron chi connectivity index (χ2n) is 5.74. The van der Waals surface area contributed by atoms with Crippen molar-refractivity contribution in [3.05, 3.63) is 46.8 Å². The molecule has 0 aliphatic heterocycles. The standard InChI is InChI=1S/C18H24N2O3/c1-6-16(17-12(2)19-23-13(17)3)18(21)20(4)11-14-8-7-9-15(10-14)22-5/h7-10,16H,6,11H2,1-5H3/t16-/m0/s1. The summed E-state index contributed by atoms with van der Waals surface area (Å²) in [5, 5.41) is 3.97. The van der Waals surface area contributed by atoms with Gasteiger partial charge >= 0.3 is 0 Å². The molecule has 5 nitrogen and oxygen atoms in total. The van der Waals surface area contributed by atoms with E-state index in [0.29, 0.717) is 13.0 Å². The van der Waals surface area contributed by atoms with Gasteiger partial charge in [0.05, 0.1) is 18.7 Å². The molecule has 0 radical (unpaired) electrons. The van der Waals surface area contributed by atoms with Crippen molar-refractivity contribution in [2.75, 3.05) is 14.2 Å². The summed E-state index contributed by atoms with van der Waals surface area (Å²) in [6.07, 6.45) is 0.712. The maximum atomic E-state index is 12.9. The SMILES string of the molecule is CC[C@H](C(=O)N(C)Cc1cccc(OC)c1)c1c(C)noc1C. The van der Waals surface area contributed by atoms with Gasteiger partial charge in [-0.25, -0.2) is 0 Å². The van der Waals surface area contributed by atoms with E-state index in [2.05, 4.69) is 5.16 Å². The molecule has 1 heterocycles. The van der Waals surface area contributed by atoms with Crippen molar-refractivity contribution >= 4 is 5.91 Å². The van der Waals surface area contributed by atoms with Crippen LogP contribution < -0.4 is 4.74 Å². The molecule has 0 aliphatic carbocycles. The Kier molecular flexibility index (Phi) is 5.42. The maximum absolute atomic E-state index is 12.9. The summed E-state index contributed by atoms with van der Waals surface area (Å²) in [5.74, 6) is 1.36. The number of aryl methyl sites for hydroxylation is 2. The number of carbonyl (C=O) groups excluding carboxylic acids is 1. The summed E-state index contributed by atoms with van der Waals surface area (Å²) in [6.45, 7) is 6.28. The van der Waals surface area contributed by atoms with Crippen LogP contribution in [0.3, 0.4) is 0 Å². The molecule has 1 atom stereocenters. The highest BCUT2D eigenvalue weighted by Crippen LogP contribution is 2.28. The van der Waals surface area contributed by atoms with E-state index in [9.17, 15) is 4.79 Å². The van der Waals surface area contributed by atoms with Crippen molar-refractivity contribution in [1.29, 1.82) is 0 Å². The minimum absolute atomic E-state index is 0.0738. The van der Waals surface area contributed by atoms with E-state index in [0.717, 1.165) is 28.3 Å². The Morgan fingerprint density at radius 1 is 1.39 bits per heavy atom. The molecule has 2 rings (SSSR count). The van der Waals surface area contributed by atoms with Crippen LogP contribution in [0, 0.1) is 13.8 Å². The fraction of sp³-hybridized carbons (Fsp3) is 0.444. The van der Waals surface area contributed by atoms with Crippen molar-refractivity contribution in [3.63, 3.8) is 0 Å². The average Bonchev–Trinajstić information content (AvgIpc) is 2.88. The first-order valence-corrected chi connectivity index (χ1v) is 7.78. The van der Waals surface area contributed by atoms with Crippen LogP contribution in [-0.2, 0) is 11.3 Å². The third-order valence-electron chi connectivity index (χ3n) is 4.07. The van der Waals surface area contributed by atoms with Gasteiger partial charge in [0.15, 0.2) is 0 Å². The predicted octanol–water partition coefficient (Wildman–Crippen LogP) is 3.45. The lowest BCUT2D eigenvalue weighted by molar-refractivity contribution is -0.132. The Labute approximate surface area is 137 Å². The number of methoxy groups -OCH3 is 1. The third kappa shape index (κ3) is 3.73. The van der Waals surface area contributed by atoms with E-state index in [4.69, 9.17) is 9.26 Å². The number of likely N-dealkylation sites (N-methyl/N-ethyl adjacent to an activating group) is 1. The highest BCUT2D eigenvalue weighted by Gasteiger charge is 2.28. The molecule has 1 amide bonds. The van der Waals surface area contributed by atoms with Gasteiger partial charge in [-0.3, -0.25) is 4.79 Å². The highest BCUT2D eigenvalue weighted by atomic mass is 16.5. The minimum atomic E-state index is -0.225. The highest BCUT2D eigenvalue weighted by molar-refractivity contribution is 5.84. The zero-order chi connectivity index (χ0) is 17.0. The second kappa shape index (κ2) is 7.31. The van der Waals surface area contributed by atoms with Gasteiger partial charge in [-0.05, 0) is 38.0 Å². The molecule has 0 aliphatic rings. The van der Waals surface area contributed by atoms with Crippen molar-refractivity contribution < 1.29 is 14.1 Å². The normalized spacial score (nSPS) is 12.0. The molecule has 0 bridgehead atoms. The maximum Gasteiger partial charge on any atom is 0.230 e. The molecule has 0 spiro atoms. The van der Waals surface area contributed by atoms with E-state index in [1.54, 1.807) is 12.0 Å². The van der Waals surface area contributed by atoms with Crippen LogP contribution in [0.1, 0.15) is 41.8 Å². The van der Waals surface area contributed by atoms with Gasteiger partial charge in [0.25, 0.3) is 0 Å².